The summed E-state index contributed by atoms with van der Waals surface area (Å²) >= 11 is 0. The van der Waals surface area contributed by atoms with E-state index in [0.29, 0.717) is 12.8 Å². The number of unbranched alkanes of at least 4 members (excludes halogenated alkanes) is 34. The van der Waals surface area contributed by atoms with Crippen LogP contribution in [-0.2, 0) is 19.6 Å². The fraction of sp³-hybridized carbons (Fsp3) is 0.778. The van der Waals surface area contributed by atoms with Gasteiger partial charge in [-0.15, -0.1) is 0 Å². The van der Waals surface area contributed by atoms with Crippen molar-refractivity contribution in [2.24, 2.45) is 0 Å². The molecule has 0 heterocycles. The molecule has 0 amide bonds. The third-order valence-electron chi connectivity index (χ3n) is 12.0. The minimum absolute atomic E-state index is 0. The third kappa shape index (κ3) is 37.9. The predicted octanol–water partition coefficient (Wildman–Crippen LogP) is 13.9. The summed E-state index contributed by atoms with van der Waals surface area (Å²) in [6.45, 7) is 4.78. The van der Waals surface area contributed by atoms with E-state index in [1.807, 2.05) is 0 Å². The van der Waals surface area contributed by atoms with Gasteiger partial charge in [-0.2, -0.15) is 0 Å². The Bertz CT molecular complexity index is 1380. The van der Waals surface area contributed by atoms with E-state index in [0.717, 1.165) is 44.6 Å². The van der Waals surface area contributed by atoms with Crippen molar-refractivity contribution in [2.75, 3.05) is 13.2 Å². The molecular formula is C54H93KO7S. The van der Waals surface area contributed by atoms with Crippen LogP contribution in [0.25, 0.3) is 0 Å². The smallest absolute Gasteiger partial charge is 0.744 e. The second kappa shape index (κ2) is 46.3. The van der Waals surface area contributed by atoms with E-state index in [9.17, 15) is 22.6 Å². The monoisotopic (exact) mass is 925 g/mol. The van der Waals surface area contributed by atoms with E-state index in [4.69, 9.17) is 9.47 Å². The molecule has 0 atom stereocenters. The van der Waals surface area contributed by atoms with Gasteiger partial charge in [-0.3, -0.25) is 0 Å². The summed E-state index contributed by atoms with van der Waals surface area (Å²) in [5, 5.41) is 0. The van der Waals surface area contributed by atoms with Gasteiger partial charge in [-0.1, -0.05) is 224 Å². The fourth-order valence-corrected chi connectivity index (χ4v) is 8.76. The van der Waals surface area contributed by atoms with Crippen LogP contribution >= 0.6 is 0 Å². The number of benzene rings is 1. The number of ether oxygens (including phenoxy) is 2. The average Bonchev–Trinajstić information content (AvgIpc) is 3.26. The first kappa shape index (κ1) is 62.2. The van der Waals surface area contributed by atoms with Crippen molar-refractivity contribution in [1.82, 2.24) is 0 Å². The molecule has 7 nitrogen and oxygen atoms in total. The van der Waals surface area contributed by atoms with E-state index < -0.39 is 32.5 Å². The van der Waals surface area contributed by atoms with Gasteiger partial charge in [0.1, 0.15) is 10.1 Å². The number of carbonyl (C=O) groups excluding carboxylic acids is 2. The van der Waals surface area contributed by atoms with Gasteiger partial charge in [0.2, 0.25) is 0 Å². The van der Waals surface area contributed by atoms with Crippen LogP contribution in [0.15, 0.2) is 47.4 Å². The van der Waals surface area contributed by atoms with Crippen LogP contribution in [0.2, 0.25) is 0 Å². The van der Waals surface area contributed by atoms with Crippen molar-refractivity contribution in [3.8, 4) is 0 Å². The Hall–Kier alpha value is -0.814. The van der Waals surface area contributed by atoms with Gasteiger partial charge in [0.25, 0.3) is 0 Å². The molecule has 358 valence electrons. The Morgan fingerprint density at radius 3 is 1.05 bits per heavy atom. The topological polar surface area (TPSA) is 110 Å². The Morgan fingerprint density at radius 2 is 0.730 bits per heavy atom. The molecule has 0 saturated carbocycles. The van der Waals surface area contributed by atoms with Crippen molar-refractivity contribution < 1.29 is 83.4 Å². The minimum Gasteiger partial charge on any atom is -0.744 e. The van der Waals surface area contributed by atoms with Crippen LogP contribution in [-0.4, -0.2) is 38.1 Å². The Balaban J connectivity index is 0.0000384. The van der Waals surface area contributed by atoms with Crippen LogP contribution in [0, 0.1) is 0 Å². The third-order valence-corrected chi connectivity index (χ3v) is 12.9. The summed E-state index contributed by atoms with van der Waals surface area (Å²) in [7, 11) is -5.02. The molecule has 0 aliphatic rings. The Morgan fingerprint density at radius 1 is 0.444 bits per heavy atom. The second-order valence-corrected chi connectivity index (χ2v) is 19.2. The van der Waals surface area contributed by atoms with E-state index in [2.05, 4.69) is 38.2 Å². The van der Waals surface area contributed by atoms with Crippen molar-refractivity contribution >= 4 is 22.1 Å². The van der Waals surface area contributed by atoms with Crippen LogP contribution in [0.5, 0.6) is 0 Å². The van der Waals surface area contributed by atoms with Gasteiger partial charge in [0, 0.05) is 0 Å². The van der Waals surface area contributed by atoms with Gasteiger partial charge < -0.3 is 14.0 Å². The largest absolute Gasteiger partial charge is 1.00 e. The zero-order chi connectivity index (χ0) is 45.0. The van der Waals surface area contributed by atoms with E-state index in [1.54, 1.807) is 0 Å². The first-order chi connectivity index (χ1) is 30.3. The first-order valence-corrected chi connectivity index (χ1v) is 27.5. The summed E-state index contributed by atoms with van der Waals surface area (Å²) in [6.07, 6.45) is 56.1. The number of esters is 2. The van der Waals surface area contributed by atoms with Crippen LogP contribution < -0.4 is 51.4 Å². The zero-order valence-corrected chi connectivity index (χ0v) is 45.0. The molecule has 0 aliphatic heterocycles. The molecule has 63 heavy (non-hydrogen) atoms. The molecule has 0 unspecified atom stereocenters. The van der Waals surface area contributed by atoms with Crippen molar-refractivity contribution in [1.29, 1.82) is 0 Å². The summed E-state index contributed by atoms with van der Waals surface area (Å²) in [5.41, 5.74) is -0.774. The molecule has 0 aliphatic carbocycles. The number of hydrogen-bond donors (Lipinski definition) is 0. The normalized spacial score (nSPS) is 11.7. The maximum absolute atomic E-state index is 13.1. The van der Waals surface area contributed by atoms with Gasteiger partial charge >= 0.3 is 63.3 Å². The summed E-state index contributed by atoms with van der Waals surface area (Å²) < 4.78 is 47.0. The number of rotatable bonds is 45. The summed E-state index contributed by atoms with van der Waals surface area (Å²) in [4.78, 5) is 25.3. The van der Waals surface area contributed by atoms with Crippen molar-refractivity contribution in [3.63, 3.8) is 0 Å². The summed E-state index contributed by atoms with van der Waals surface area (Å²) in [6, 6.07) is 3.64. The molecule has 9 heteroatoms. The van der Waals surface area contributed by atoms with Crippen LogP contribution in [0.1, 0.15) is 279 Å². The quantitative estimate of drug-likeness (QED) is 0.0211. The van der Waals surface area contributed by atoms with Gasteiger partial charge in [-0.05, 0) is 76.3 Å². The SMILES string of the molecule is CCCCCCCCC/C=C/CCCCCCCCCCCCOC(=O)c1cccc(S(=O)(=O)[O-])c1C(=O)OCCCCCCCCCCCC/C=C/CCCCCCCCC.[K+]. The first-order valence-electron chi connectivity index (χ1n) is 26.1. The molecule has 0 bridgehead atoms. The maximum atomic E-state index is 13.1. The molecule has 0 saturated heterocycles. The molecule has 1 rings (SSSR count). The molecular weight excluding hydrogens is 832 g/mol. The number of allylic oxidation sites excluding steroid dienone is 4. The second-order valence-electron chi connectivity index (χ2n) is 17.8. The maximum Gasteiger partial charge on any atom is 1.00 e. The minimum atomic E-state index is -5.02. The molecule has 1 aromatic carbocycles. The Labute approximate surface area is 431 Å². The van der Waals surface area contributed by atoms with Crippen LogP contribution in [0.4, 0.5) is 0 Å². The molecule has 0 aromatic heterocycles. The molecule has 1 aromatic rings. The molecule has 0 spiro atoms. The van der Waals surface area contributed by atoms with Crippen molar-refractivity contribution in [3.05, 3.63) is 53.6 Å². The van der Waals surface area contributed by atoms with E-state index >= 15 is 0 Å². The van der Waals surface area contributed by atoms with E-state index in [-0.39, 0.29) is 70.2 Å². The van der Waals surface area contributed by atoms with E-state index in [1.165, 1.54) is 205 Å². The van der Waals surface area contributed by atoms with Gasteiger partial charge in [-0.25, -0.2) is 18.0 Å². The number of carbonyl (C=O) groups is 2. The zero-order valence-electron chi connectivity index (χ0n) is 41.1. The van der Waals surface area contributed by atoms with Crippen LogP contribution in [0.3, 0.4) is 0 Å². The molecule has 0 N–H and O–H groups in total. The predicted molar refractivity (Wildman–Crippen MR) is 260 cm³/mol. The standard InChI is InChI=1S/C54H94O7S.K/c1-3-5-7-9-11-13-15-17-19-21-23-25-27-29-31-33-35-37-39-41-43-48-60-53(55)50-46-45-47-51(62(57,58)59)52(50)54(56)61-49-44-42-40-38-36-34-32-30-28-26-24-22-20-18-16-14-12-10-8-6-4-2;/h19-22,45-47H,3-18,23-44,48-49H2,1-2H3,(H,57,58,59);/q;+1/p-1/b21-19+,22-20+;. The van der Waals surface area contributed by atoms with Crippen molar-refractivity contribution in [2.45, 2.75) is 263 Å². The summed E-state index contributed by atoms with van der Waals surface area (Å²) in [5.74, 6) is -1.81. The average molecular weight is 925 g/mol. The molecule has 0 radical (unpaired) electrons. The van der Waals surface area contributed by atoms with Gasteiger partial charge in [0.15, 0.2) is 0 Å². The fourth-order valence-electron chi connectivity index (χ4n) is 8.07. The number of hydrogen-bond acceptors (Lipinski definition) is 7. The Kier molecular flexibility index (Phi) is 45.7. The van der Waals surface area contributed by atoms with Gasteiger partial charge in [0.05, 0.1) is 29.2 Å². The molecule has 0 fully saturated rings.